The lowest BCUT2D eigenvalue weighted by atomic mass is 9.97. The third-order valence-electron chi connectivity index (χ3n) is 6.07. The average molecular weight is 505 g/mol. The molecule has 1 heterocycles. The van der Waals surface area contributed by atoms with Crippen LogP contribution in [0.15, 0.2) is 30.3 Å². The fourth-order valence-corrected chi connectivity index (χ4v) is 4.09. The van der Waals surface area contributed by atoms with Gasteiger partial charge in [-0.2, -0.15) is 0 Å². The van der Waals surface area contributed by atoms with Crippen molar-refractivity contribution in [3.63, 3.8) is 0 Å². The first-order chi connectivity index (χ1) is 17.1. The van der Waals surface area contributed by atoms with Crippen LogP contribution in [-0.2, 0) is 25.7 Å². The SMILES string of the molecule is CC(C)C[C@H](NC(=O)[C@@H](NC(=O)OCc1ccccc1)C(C)C)C(=O)N[C@H](CO)C[C@@H]1CCNC1=O. The normalized spacial score (nSPS) is 17.8. The van der Waals surface area contributed by atoms with E-state index >= 15 is 0 Å². The molecule has 200 valence electrons. The molecule has 2 rings (SSSR count). The Hall–Kier alpha value is -3.14. The van der Waals surface area contributed by atoms with Crippen molar-refractivity contribution in [2.24, 2.45) is 17.8 Å². The fourth-order valence-electron chi connectivity index (χ4n) is 4.09. The number of nitrogens with one attached hydrogen (secondary N) is 4. The van der Waals surface area contributed by atoms with E-state index in [0.717, 1.165) is 5.56 Å². The number of hydrogen-bond acceptors (Lipinski definition) is 6. The van der Waals surface area contributed by atoms with Crippen LogP contribution in [0.1, 0.15) is 52.5 Å². The molecular weight excluding hydrogens is 464 g/mol. The van der Waals surface area contributed by atoms with Crippen LogP contribution in [0.3, 0.4) is 0 Å². The van der Waals surface area contributed by atoms with Crippen LogP contribution in [0.25, 0.3) is 0 Å². The molecule has 0 radical (unpaired) electrons. The highest BCUT2D eigenvalue weighted by Gasteiger charge is 2.32. The number of ether oxygens (including phenoxy) is 1. The zero-order valence-electron chi connectivity index (χ0n) is 21.6. The van der Waals surface area contributed by atoms with E-state index in [-0.39, 0.29) is 36.9 Å². The van der Waals surface area contributed by atoms with Gasteiger partial charge in [0.05, 0.1) is 12.6 Å². The first-order valence-corrected chi connectivity index (χ1v) is 12.6. The van der Waals surface area contributed by atoms with Crippen LogP contribution in [0.2, 0.25) is 0 Å². The van der Waals surface area contributed by atoms with Gasteiger partial charge in [0.1, 0.15) is 18.7 Å². The van der Waals surface area contributed by atoms with E-state index in [1.54, 1.807) is 13.8 Å². The van der Waals surface area contributed by atoms with Gasteiger partial charge >= 0.3 is 6.09 Å². The molecule has 0 saturated carbocycles. The number of amides is 4. The Morgan fingerprint density at radius 3 is 2.31 bits per heavy atom. The lowest BCUT2D eigenvalue weighted by molar-refractivity contribution is -0.131. The molecule has 1 aliphatic heterocycles. The maximum absolute atomic E-state index is 13.1. The van der Waals surface area contributed by atoms with Crippen LogP contribution in [-0.4, -0.2) is 60.2 Å². The lowest BCUT2D eigenvalue weighted by Gasteiger charge is -2.27. The van der Waals surface area contributed by atoms with Crippen molar-refractivity contribution >= 4 is 23.8 Å². The van der Waals surface area contributed by atoms with E-state index in [1.165, 1.54) is 0 Å². The van der Waals surface area contributed by atoms with E-state index in [2.05, 4.69) is 21.3 Å². The van der Waals surface area contributed by atoms with Crippen LogP contribution in [0, 0.1) is 17.8 Å². The fraction of sp³-hybridized carbons (Fsp3) is 0.615. The van der Waals surface area contributed by atoms with Crippen LogP contribution in [0.4, 0.5) is 4.79 Å². The van der Waals surface area contributed by atoms with E-state index in [9.17, 15) is 24.3 Å². The van der Waals surface area contributed by atoms with Gasteiger partial charge in [0.25, 0.3) is 0 Å². The monoisotopic (exact) mass is 504 g/mol. The van der Waals surface area contributed by atoms with Crippen molar-refractivity contribution in [2.45, 2.75) is 71.7 Å². The second-order valence-corrected chi connectivity index (χ2v) is 10.0. The van der Waals surface area contributed by atoms with Crippen molar-refractivity contribution in [2.75, 3.05) is 13.2 Å². The number of benzene rings is 1. The van der Waals surface area contributed by atoms with Gasteiger partial charge in [0.15, 0.2) is 0 Å². The number of hydrogen-bond donors (Lipinski definition) is 5. The summed E-state index contributed by atoms with van der Waals surface area (Å²) in [4.78, 5) is 50.4. The van der Waals surface area contributed by atoms with Crippen molar-refractivity contribution in [1.29, 1.82) is 0 Å². The Labute approximate surface area is 212 Å². The van der Waals surface area contributed by atoms with Crippen LogP contribution >= 0.6 is 0 Å². The zero-order valence-corrected chi connectivity index (χ0v) is 21.6. The van der Waals surface area contributed by atoms with E-state index in [1.807, 2.05) is 44.2 Å². The number of aliphatic hydroxyl groups is 1. The number of aliphatic hydroxyl groups excluding tert-OH is 1. The highest BCUT2D eigenvalue weighted by Crippen LogP contribution is 2.16. The quantitative estimate of drug-likeness (QED) is 0.275. The van der Waals surface area contributed by atoms with Crippen LogP contribution in [0.5, 0.6) is 0 Å². The molecule has 36 heavy (non-hydrogen) atoms. The highest BCUT2D eigenvalue weighted by molar-refractivity contribution is 5.91. The van der Waals surface area contributed by atoms with E-state index in [4.69, 9.17) is 4.74 Å². The molecule has 0 aromatic heterocycles. The summed E-state index contributed by atoms with van der Waals surface area (Å²) in [5.41, 5.74) is 0.820. The molecule has 0 bridgehead atoms. The highest BCUT2D eigenvalue weighted by atomic mass is 16.5. The minimum Gasteiger partial charge on any atom is -0.445 e. The number of carbonyl (C=O) groups excluding carboxylic acids is 4. The summed E-state index contributed by atoms with van der Waals surface area (Å²) in [7, 11) is 0. The number of alkyl carbamates (subject to hydrolysis) is 1. The number of carbonyl (C=O) groups is 4. The Balaban J connectivity index is 1.99. The third kappa shape index (κ3) is 9.49. The van der Waals surface area contributed by atoms with Gasteiger partial charge in [0.2, 0.25) is 17.7 Å². The summed E-state index contributed by atoms with van der Waals surface area (Å²) in [6, 6.07) is 6.81. The molecule has 0 aliphatic carbocycles. The molecule has 4 atom stereocenters. The summed E-state index contributed by atoms with van der Waals surface area (Å²) in [5, 5.41) is 20.6. The molecule has 1 saturated heterocycles. The Kier molecular flexibility index (Phi) is 11.7. The zero-order chi connectivity index (χ0) is 26.7. The second kappa shape index (κ2) is 14.4. The molecule has 1 fully saturated rings. The average Bonchev–Trinajstić information content (AvgIpc) is 3.24. The molecular formula is C26H40N4O6. The van der Waals surface area contributed by atoms with Crippen LogP contribution < -0.4 is 21.3 Å². The molecule has 1 aromatic carbocycles. The summed E-state index contributed by atoms with van der Waals surface area (Å²) in [6.07, 6.45) is 0.607. The van der Waals surface area contributed by atoms with Crippen molar-refractivity contribution < 1.29 is 29.0 Å². The van der Waals surface area contributed by atoms with Crippen molar-refractivity contribution in [3.05, 3.63) is 35.9 Å². The minimum absolute atomic E-state index is 0.0685. The Bertz CT molecular complexity index is 876. The van der Waals surface area contributed by atoms with Crippen molar-refractivity contribution in [1.82, 2.24) is 21.3 Å². The van der Waals surface area contributed by atoms with Gasteiger partial charge in [-0.05, 0) is 36.7 Å². The lowest BCUT2D eigenvalue weighted by Crippen LogP contribution is -2.57. The van der Waals surface area contributed by atoms with Gasteiger partial charge in [0, 0.05) is 12.5 Å². The van der Waals surface area contributed by atoms with Gasteiger partial charge in [-0.25, -0.2) is 4.79 Å². The predicted octanol–water partition coefficient (Wildman–Crippen LogP) is 1.47. The molecule has 1 aromatic rings. The molecule has 0 unspecified atom stereocenters. The molecule has 5 N–H and O–H groups in total. The van der Waals surface area contributed by atoms with E-state index in [0.29, 0.717) is 25.8 Å². The molecule has 4 amide bonds. The number of rotatable bonds is 13. The first kappa shape index (κ1) is 29.1. The minimum atomic E-state index is -0.911. The molecule has 0 spiro atoms. The maximum Gasteiger partial charge on any atom is 0.408 e. The first-order valence-electron chi connectivity index (χ1n) is 12.6. The summed E-state index contributed by atoms with van der Waals surface area (Å²) < 4.78 is 5.25. The maximum atomic E-state index is 13.1. The Morgan fingerprint density at radius 2 is 1.75 bits per heavy atom. The Morgan fingerprint density at radius 1 is 1.06 bits per heavy atom. The molecule has 1 aliphatic rings. The topological polar surface area (TPSA) is 146 Å². The predicted molar refractivity (Wildman–Crippen MR) is 135 cm³/mol. The summed E-state index contributed by atoms with van der Waals surface area (Å²) in [6.45, 7) is 7.76. The third-order valence-corrected chi connectivity index (χ3v) is 6.07. The molecule has 10 nitrogen and oxygen atoms in total. The van der Waals surface area contributed by atoms with Gasteiger partial charge in [-0.15, -0.1) is 0 Å². The summed E-state index contributed by atoms with van der Waals surface area (Å²) >= 11 is 0. The standard InChI is InChI=1S/C26H40N4O6/c1-16(2)12-21(24(33)28-20(14-31)13-19-10-11-27-23(19)32)29-25(34)22(17(3)4)30-26(35)36-15-18-8-6-5-7-9-18/h5-9,16-17,19-22,31H,10-15H2,1-4H3,(H,27,32)(H,28,33)(H,29,34)(H,30,35)/t19-,20-,21-,22-/m0/s1. The van der Waals surface area contributed by atoms with Gasteiger partial charge in [-0.3, -0.25) is 14.4 Å². The van der Waals surface area contributed by atoms with Gasteiger partial charge in [-0.1, -0.05) is 58.0 Å². The largest absolute Gasteiger partial charge is 0.445 e. The second-order valence-electron chi connectivity index (χ2n) is 10.0. The van der Waals surface area contributed by atoms with E-state index < -0.39 is 36.0 Å². The molecule has 10 heteroatoms. The van der Waals surface area contributed by atoms with Crippen molar-refractivity contribution in [3.8, 4) is 0 Å². The summed E-state index contributed by atoms with van der Waals surface area (Å²) in [5.74, 6) is -1.46. The smallest absolute Gasteiger partial charge is 0.408 e. The van der Waals surface area contributed by atoms with Gasteiger partial charge < -0.3 is 31.1 Å².